The van der Waals surface area contributed by atoms with Crippen molar-refractivity contribution in [3.63, 3.8) is 0 Å². The number of hydrogen-bond donors (Lipinski definition) is 0. The molecule has 174 valence electrons. The third-order valence-corrected chi connectivity index (χ3v) is 8.25. The first-order valence-corrected chi connectivity index (χ1v) is 12.4. The topological polar surface area (TPSA) is 76.1 Å². The van der Waals surface area contributed by atoms with Crippen molar-refractivity contribution in [1.82, 2.24) is 9.80 Å². The Bertz CT molecular complexity index is 1410. The molecule has 2 aromatic carbocycles. The molecule has 0 radical (unpaired) electrons. The van der Waals surface area contributed by atoms with E-state index < -0.39 is 17.9 Å². The third-order valence-electron chi connectivity index (χ3n) is 7.36. The van der Waals surface area contributed by atoms with Gasteiger partial charge >= 0.3 is 0 Å². The largest absolute Gasteiger partial charge is 0.454 e. The molecule has 7 nitrogen and oxygen atoms in total. The fourth-order valence-corrected chi connectivity index (χ4v) is 6.56. The van der Waals surface area contributed by atoms with Gasteiger partial charge in [0.15, 0.2) is 17.3 Å². The zero-order valence-corrected chi connectivity index (χ0v) is 19.3. The number of ether oxygens (including phenoxy) is 2. The molecule has 5 heterocycles. The number of Topliss-reactive ketones (excluding diaryl/α,β-unsaturated/α-hetero) is 1. The summed E-state index contributed by atoms with van der Waals surface area (Å²) in [6.07, 6.45) is 3.84. The lowest BCUT2D eigenvalue weighted by molar-refractivity contribution is -0.142. The van der Waals surface area contributed by atoms with E-state index in [2.05, 4.69) is 0 Å². The lowest BCUT2D eigenvalue weighted by Crippen LogP contribution is -2.43. The van der Waals surface area contributed by atoms with Crippen LogP contribution in [0, 0.1) is 11.8 Å². The van der Waals surface area contributed by atoms with Crippen molar-refractivity contribution in [3.8, 4) is 11.5 Å². The number of likely N-dealkylation sites (tertiary alicyclic amines) is 1. The van der Waals surface area contributed by atoms with E-state index in [1.54, 1.807) is 18.2 Å². The van der Waals surface area contributed by atoms with Crippen molar-refractivity contribution in [3.05, 3.63) is 87.7 Å². The van der Waals surface area contributed by atoms with Gasteiger partial charge in [-0.3, -0.25) is 19.3 Å². The van der Waals surface area contributed by atoms with Crippen LogP contribution in [0.2, 0.25) is 0 Å². The number of carbonyl (C=O) groups is 3. The number of thiophene rings is 1. The molecule has 0 N–H and O–H groups in total. The van der Waals surface area contributed by atoms with Gasteiger partial charge in [0.05, 0.1) is 29.3 Å². The van der Waals surface area contributed by atoms with E-state index in [9.17, 15) is 14.4 Å². The van der Waals surface area contributed by atoms with Crippen LogP contribution in [0.4, 0.5) is 0 Å². The molecule has 3 aromatic rings. The van der Waals surface area contributed by atoms with Gasteiger partial charge in [-0.15, -0.1) is 11.3 Å². The Morgan fingerprint density at radius 1 is 0.971 bits per heavy atom. The molecule has 0 saturated carbocycles. The minimum absolute atomic E-state index is 0.118. The lowest BCUT2D eigenvalue weighted by Gasteiger charge is -2.35. The highest BCUT2D eigenvalue weighted by Gasteiger charge is 2.64. The van der Waals surface area contributed by atoms with Gasteiger partial charge in [0, 0.05) is 6.20 Å². The smallest absolute Gasteiger partial charge is 0.236 e. The number of fused-ring (bicyclic) bond motifs is 6. The maximum absolute atomic E-state index is 13.8. The van der Waals surface area contributed by atoms with Crippen LogP contribution in [0.15, 0.2) is 66.2 Å². The molecule has 0 bridgehead atoms. The van der Waals surface area contributed by atoms with Gasteiger partial charge in [-0.05, 0) is 46.3 Å². The molecule has 0 spiro atoms. The maximum atomic E-state index is 13.8. The van der Waals surface area contributed by atoms with E-state index in [-0.39, 0.29) is 37.0 Å². The molecular formula is C27H20N2O5S. The molecule has 0 aliphatic carbocycles. The molecule has 7 rings (SSSR count). The van der Waals surface area contributed by atoms with E-state index in [1.807, 2.05) is 59.0 Å². The van der Waals surface area contributed by atoms with Crippen molar-refractivity contribution in [2.75, 3.05) is 6.79 Å². The average molecular weight is 485 g/mol. The summed E-state index contributed by atoms with van der Waals surface area (Å²) in [6.45, 7) is 0.285. The van der Waals surface area contributed by atoms with Crippen molar-refractivity contribution in [1.29, 1.82) is 0 Å². The summed E-state index contributed by atoms with van der Waals surface area (Å²) in [5.74, 6) is -0.777. The number of imide groups is 1. The summed E-state index contributed by atoms with van der Waals surface area (Å²) in [7, 11) is 0. The number of amides is 2. The van der Waals surface area contributed by atoms with Crippen LogP contribution in [-0.2, 0) is 16.1 Å². The number of hydrogen-bond acceptors (Lipinski definition) is 7. The van der Waals surface area contributed by atoms with Gasteiger partial charge in [0.25, 0.3) is 0 Å². The first-order chi connectivity index (χ1) is 17.1. The predicted molar refractivity (Wildman–Crippen MR) is 128 cm³/mol. The van der Waals surface area contributed by atoms with E-state index in [1.165, 1.54) is 16.2 Å². The molecule has 4 atom stereocenters. The molecule has 8 heteroatoms. The molecule has 2 amide bonds. The molecular weight excluding hydrogens is 464 g/mol. The molecule has 2 saturated heterocycles. The fourth-order valence-electron chi connectivity index (χ4n) is 5.86. The van der Waals surface area contributed by atoms with E-state index in [4.69, 9.17) is 9.47 Å². The third kappa shape index (κ3) is 2.93. The standard InChI is InChI=1S/C27H20N2O5S/c30-25(20-6-3-11-35-20)24-22-21(23-17-5-2-1-4-16(17)9-10-28(23)24)26(31)29(27(22)32)13-15-7-8-18-19(12-15)34-14-33-18/h1-12,21-24H,13-14H2/t21-,22+,23-,24-/m0/s1. The Morgan fingerprint density at radius 3 is 2.66 bits per heavy atom. The van der Waals surface area contributed by atoms with Crippen molar-refractivity contribution >= 4 is 35.0 Å². The second kappa shape index (κ2) is 7.55. The minimum atomic E-state index is -0.744. The van der Waals surface area contributed by atoms with Crippen LogP contribution in [0.1, 0.15) is 32.4 Å². The molecule has 4 aliphatic rings. The summed E-state index contributed by atoms with van der Waals surface area (Å²) < 4.78 is 10.8. The summed E-state index contributed by atoms with van der Waals surface area (Å²) in [5, 5.41) is 1.85. The van der Waals surface area contributed by atoms with Gasteiger partial charge in [0.2, 0.25) is 18.6 Å². The van der Waals surface area contributed by atoms with Crippen LogP contribution in [0.25, 0.3) is 6.08 Å². The highest BCUT2D eigenvalue weighted by molar-refractivity contribution is 7.12. The summed E-state index contributed by atoms with van der Waals surface area (Å²) >= 11 is 1.36. The number of rotatable bonds is 4. The molecule has 35 heavy (non-hydrogen) atoms. The molecule has 2 fully saturated rings. The van der Waals surface area contributed by atoms with Crippen LogP contribution in [0.5, 0.6) is 11.5 Å². The van der Waals surface area contributed by atoms with Crippen LogP contribution >= 0.6 is 11.3 Å². The summed E-state index contributed by atoms with van der Waals surface area (Å²) in [6, 6.07) is 15.8. The Balaban J connectivity index is 1.30. The number of benzene rings is 2. The van der Waals surface area contributed by atoms with Crippen molar-refractivity contribution in [2.24, 2.45) is 11.8 Å². The highest BCUT2D eigenvalue weighted by atomic mass is 32.1. The molecule has 1 aromatic heterocycles. The first kappa shape index (κ1) is 20.5. The average Bonchev–Trinajstić information content (AvgIpc) is 3.66. The Kier molecular flexibility index (Phi) is 4.41. The minimum Gasteiger partial charge on any atom is -0.454 e. The summed E-state index contributed by atoms with van der Waals surface area (Å²) in [5.41, 5.74) is 2.75. The second-order valence-corrected chi connectivity index (χ2v) is 10.1. The van der Waals surface area contributed by atoms with Crippen LogP contribution < -0.4 is 9.47 Å². The molecule has 0 unspecified atom stereocenters. The lowest BCUT2D eigenvalue weighted by atomic mass is 9.84. The monoisotopic (exact) mass is 484 g/mol. The number of carbonyl (C=O) groups excluding carboxylic acids is 3. The van der Waals surface area contributed by atoms with E-state index in [0.717, 1.165) is 16.7 Å². The quantitative estimate of drug-likeness (QED) is 0.413. The van der Waals surface area contributed by atoms with Gasteiger partial charge in [-0.25, -0.2) is 0 Å². The fraction of sp³-hybridized carbons (Fsp3) is 0.222. The highest BCUT2D eigenvalue weighted by Crippen LogP contribution is 2.53. The van der Waals surface area contributed by atoms with Gasteiger partial charge < -0.3 is 14.4 Å². The first-order valence-electron chi connectivity index (χ1n) is 11.5. The van der Waals surface area contributed by atoms with Gasteiger partial charge in [-0.2, -0.15) is 0 Å². The van der Waals surface area contributed by atoms with Crippen LogP contribution in [0.3, 0.4) is 0 Å². The normalized spacial score (nSPS) is 25.6. The van der Waals surface area contributed by atoms with Gasteiger partial charge in [0.1, 0.15) is 6.04 Å². The Labute approximate surface area is 205 Å². The maximum Gasteiger partial charge on any atom is 0.236 e. The van der Waals surface area contributed by atoms with E-state index in [0.29, 0.717) is 16.4 Å². The van der Waals surface area contributed by atoms with Gasteiger partial charge in [-0.1, -0.05) is 36.4 Å². The van der Waals surface area contributed by atoms with E-state index >= 15 is 0 Å². The second-order valence-electron chi connectivity index (χ2n) is 9.12. The number of nitrogens with zero attached hydrogens (tertiary/aromatic N) is 2. The van der Waals surface area contributed by atoms with Crippen molar-refractivity contribution < 1.29 is 23.9 Å². The predicted octanol–water partition coefficient (Wildman–Crippen LogP) is 3.87. The Morgan fingerprint density at radius 2 is 1.80 bits per heavy atom. The van der Waals surface area contributed by atoms with Crippen molar-refractivity contribution in [2.45, 2.75) is 18.6 Å². The number of ketones is 1. The molecule has 4 aliphatic heterocycles. The summed E-state index contributed by atoms with van der Waals surface area (Å²) in [4.78, 5) is 45.2. The zero-order chi connectivity index (χ0) is 23.7. The zero-order valence-electron chi connectivity index (χ0n) is 18.5. The SMILES string of the molecule is O=C(c1cccs1)[C@@H]1[C@@H]2C(=O)N(Cc3ccc4c(c3)OCO4)C(=O)[C@@H]2[C@@H]2c3ccccc3C=CN12. The Hall–Kier alpha value is -3.91. The van der Waals surface area contributed by atoms with Crippen LogP contribution in [-0.4, -0.2) is 40.2 Å².